The molecular formula is H12BCaKNNa3O3. The van der Waals surface area contributed by atoms with Crippen molar-refractivity contribution >= 4 is 185 Å². The fourth-order valence-corrected chi connectivity index (χ4v) is 0. The Morgan fingerprint density at radius 1 is 0.800 bits per heavy atom. The maximum absolute atomic E-state index is 7.17. The fourth-order valence-electron chi connectivity index (χ4n) is 0. The second kappa shape index (κ2) is 36.4. The molecular weight excluding hydrogens is 221 g/mol. The molecule has 0 radical (unpaired) electrons. The summed E-state index contributed by atoms with van der Waals surface area (Å²) in [6, 6.07) is 0. The van der Waals surface area contributed by atoms with Gasteiger partial charge in [0.15, 0.2) is 0 Å². The fraction of sp³-hybridized carbons (Fsp3) is 0. The Morgan fingerprint density at radius 3 is 0.800 bits per heavy atom. The molecule has 0 saturated heterocycles. The van der Waals surface area contributed by atoms with E-state index >= 15 is 0 Å². The molecule has 0 aromatic rings. The van der Waals surface area contributed by atoms with Crippen LogP contribution < -0.4 is 6.15 Å². The molecule has 44 valence electrons. The van der Waals surface area contributed by atoms with E-state index in [4.69, 9.17) is 15.1 Å². The first-order valence-electron chi connectivity index (χ1n) is 0.775. The minimum atomic E-state index is -2.17. The molecule has 0 amide bonds. The van der Waals surface area contributed by atoms with Crippen LogP contribution in [0.1, 0.15) is 0 Å². The molecule has 0 heterocycles. The van der Waals surface area contributed by atoms with Crippen LogP contribution in [0, 0.1) is 0 Å². The van der Waals surface area contributed by atoms with Crippen LogP contribution >= 0.6 is 0 Å². The summed E-state index contributed by atoms with van der Waals surface area (Å²) in [4.78, 5) is 0. The van der Waals surface area contributed by atoms with Gasteiger partial charge in [-0.25, -0.2) is 0 Å². The minimum absolute atomic E-state index is 0. The molecule has 0 fully saturated rings. The number of hydrogen-bond donors (Lipinski definition) is 4. The van der Waals surface area contributed by atoms with Gasteiger partial charge in [-0.05, 0) is 0 Å². The summed E-state index contributed by atoms with van der Waals surface area (Å²) in [6.45, 7) is 0. The van der Waals surface area contributed by atoms with Gasteiger partial charge in [0.25, 0.3) is 0 Å². The van der Waals surface area contributed by atoms with Crippen molar-refractivity contribution in [2.24, 2.45) is 0 Å². The molecule has 0 rings (SSSR count). The van der Waals surface area contributed by atoms with Gasteiger partial charge in [0, 0.05) is 0 Å². The predicted molar refractivity (Wildman–Crippen MR) is 54.6 cm³/mol. The van der Waals surface area contributed by atoms with E-state index in [0.717, 1.165) is 0 Å². The summed E-state index contributed by atoms with van der Waals surface area (Å²) >= 11 is 0. The van der Waals surface area contributed by atoms with E-state index in [-0.39, 0.29) is 184 Å². The van der Waals surface area contributed by atoms with Gasteiger partial charge in [-0.15, -0.1) is 0 Å². The van der Waals surface area contributed by atoms with E-state index in [2.05, 4.69) is 0 Å². The molecule has 4 nitrogen and oxygen atoms in total. The average Bonchev–Trinajstić information content (AvgIpc) is 0.811. The first kappa shape index (κ1) is 44.7. The topological polar surface area (TPSA) is 95.7 Å². The van der Waals surface area contributed by atoms with Crippen molar-refractivity contribution in [1.29, 1.82) is 0 Å². The van der Waals surface area contributed by atoms with Gasteiger partial charge >= 0.3 is 185 Å². The molecule has 0 aromatic carbocycles. The first-order chi connectivity index (χ1) is 1.73. The van der Waals surface area contributed by atoms with E-state index in [1.807, 2.05) is 0 Å². The van der Waals surface area contributed by atoms with Crippen LogP contribution in [0.25, 0.3) is 0 Å². The van der Waals surface area contributed by atoms with Gasteiger partial charge in [-0.3, -0.25) is 0 Å². The van der Waals surface area contributed by atoms with Crippen LogP contribution in [0.2, 0.25) is 0 Å². The van der Waals surface area contributed by atoms with Crippen molar-refractivity contribution in [3.8, 4) is 0 Å². The van der Waals surface area contributed by atoms with Crippen LogP contribution in [-0.4, -0.2) is 200 Å². The van der Waals surface area contributed by atoms with Crippen LogP contribution in [0.15, 0.2) is 0 Å². The Balaban J connectivity index is -0.00000000300. The molecule has 6 N–H and O–H groups in total. The molecule has 10 heteroatoms. The molecule has 0 saturated carbocycles. The third-order valence-electron chi connectivity index (χ3n) is 0. The van der Waals surface area contributed by atoms with E-state index in [1.165, 1.54) is 0 Å². The number of hydrogen-bond acceptors (Lipinski definition) is 4. The van der Waals surface area contributed by atoms with Gasteiger partial charge in [0.2, 0.25) is 0 Å². The zero-order valence-electron chi connectivity index (χ0n) is 2.63. The standard InChI is InChI=1S/BH3O3.Ca.K.H3N.3Na.6H/c2-1(3)4;;;;;;;;;;;;/h2-4H;;;1H3;;;;;;;;;. The second-order valence-corrected chi connectivity index (χ2v) is 0.346. The van der Waals surface area contributed by atoms with Crippen LogP contribution in [0.5, 0.6) is 0 Å². The zero-order valence-corrected chi connectivity index (χ0v) is 2.63. The quantitative estimate of drug-likeness (QED) is 0.314. The summed E-state index contributed by atoms with van der Waals surface area (Å²) in [6.07, 6.45) is 0. The Morgan fingerprint density at radius 2 is 0.800 bits per heavy atom. The molecule has 0 bridgehead atoms. The Hall–Kier alpha value is 5.80. The molecule has 0 unspecified atom stereocenters. The van der Waals surface area contributed by atoms with Gasteiger partial charge in [0.1, 0.15) is 0 Å². The third kappa shape index (κ3) is 67.2. The molecule has 0 atom stereocenters. The summed E-state index contributed by atoms with van der Waals surface area (Å²) in [5.74, 6) is 0. The van der Waals surface area contributed by atoms with Crippen LogP contribution in [-0.2, 0) is 0 Å². The molecule has 0 aromatic heterocycles. The molecule has 0 aliphatic rings. The Kier molecular flexibility index (Phi) is 163. The number of rotatable bonds is 0. The van der Waals surface area contributed by atoms with Crippen molar-refractivity contribution in [2.45, 2.75) is 0 Å². The zero-order chi connectivity index (χ0) is 3.58. The van der Waals surface area contributed by atoms with E-state index in [0.29, 0.717) is 0 Å². The van der Waals surface area contributed by atoms with Gasteiger partial charge in [-0.2, -0.15) is 0 Å². The normalized spacial score (nSPS) is 2.70. The second-order valence-electron chi connectivity index (χ2n) is 0.346. The SMILES string of the molecule is N.OB(O)O.[CaH2].[KH].[NaH].[NaH].[NaH]. The molecule has 10 heavy (non-hydrogen) atoms. The van der Waals surface area contributed by atoms with Gasteiger partial charge in [-0.1, -0.05) is 0 Å². The van der Waals surface area contributed by atoms with Gasteiger partial charge in [0.05, 0.1) is 0 Å². The Labute approximate surface area is 200 Å². The van der Waals surface area contributed by atoms with Gasteiger partial charge < -0.3 is 21.2 Å². The van der Waals surface area contributed by atoms with Crippen molar-refractivity contribution in [1.82, 2.24) is 6.15 Å². The van der Waals surface area contributed by atoms with E-state index in [9.17, 15) is 0 Å². The predicted octanol–water partition coefficient (Wildman–Crippen LogP) is -5.40. The van der Waals surface area contributed by atoms with Crippen molar-refractivity contribution in [3.63, 3.8) is 0 Å². The van der Waals surface area contributed by atoms with Crippen LogP contribution in [0.4, 0.5) is 0 Å². The third-order valence-corrected chi connectivity index (χ3v) is 0. The van der Waals surface area contributed by atoms with Crippen molar-refractivity contribution in [2.75, 3.05) is 0 Å². The first-order valence-corrected chi connectivity index (χ1v) is 0.775. The molecule has 0 spiro atoms. The van der Waals surface area contributed by atoms with E-state index in [1.54, 1.807) is 0 Å². The van der Waals surface area contributed by atoms with E-state index < -0.39 is 7.32 Å². The maximum atomic E-state index is 7.17. The van der Waals surface area contributed by atoms with Crippen molar-refractivity contribution < 1.29 is 15.1 Å². The molecule has 0 aliphatic carbocycles. The monoisotopic (exact) mass is 233 g/mol. The summed E-state index contributed by atoms with van der Waals surface area (Å²) in [5, 5.41) is 21.5. The summed E-state index contributed by atoms with van der Waals surface area (Å²) < 4.78 is 0. The average molecular weight is 233 g/mol. The summed E-state index contributed by atoms with van der Waals surface area (Å²) in [5.41, 5.74) is 0. The Bertz CT molecular complexity index is 28.5. The van der Waals surface area contributed by atoms with Crippen LogP contribution in [0.3, 0.4) is 0 Å². The van der Waals surface area contributed by atoms with Crippen molar-refractivity contribution in [3.05, 3.63) is 0 Å². The summed E-state index contributed by atoms with van der Waals surface area (Å²) in [7, 11) is -2.17. The molecule has 0 aliphatic heterocycles.